The Hall–Kier alpha value is -3.22. The Balaban J connectivity index is 1.54. The van der Waals surface area contributed by atoms with Gasteiger partial charge in [-0.2, -0.15) is 0 Å². The molecular formula is C23H26N2O5. The number of phenolic OH excluding ortho intramolecular Hbond substituents is 3. The van der Waals surface area contributed by atoms with E-state index in [2.05, 4.69) is 10.2 Å². The van der Waals surface area contributed by atoms with Gasteiger partial charge in [-0.25, -0.2) is 0 Å². The predicted molar refractivity (Wildman–Crippen MR) is 110 cm³/mol. The molecule has 1 aliphatic heterocycles. The molecule has 1 atom stereocenters. The number of ether oxygens (including phenoxy) is 1. The number of benzene rings is 2. The Kier molecular flexibility index (Phi) is 4.84. The minimum atomic E-state index is -0.740. The van der Waals surface area contributed by atoms with Gasteiger partial charge in [0.05, 0.1) is 0 Å². The van der Waals surface area contributed by atoms with Gasteiger partial charge in [0.15, 0.2) is 17.1 Å². The maximum atomic E-state index is 10.4. The SMILES string of the molecule is Cc1c(C)c2c(c(C)c1O)CCC(C)(c1nnc(CCc3ccc(O)c(O)c3)o1)O2. The molecule has 7 heteroatoms. The Morgan fingerprint density at radius 2 is 1.73 bits per heavy atom. The van der Waals surface area contributed by atoms with E-state index in [1.165, 1.54) is 12.1 Å². The minimum Gasteiger partial charge on any atom is -0.507 e. The molecule has 2 aromatic carbocycles. The number of hydrogen-bond acceptors (Lipinski definition) is 7. The van der Waals surface area contributed by atoms with Crippen molar-refractivity contribution in [1.82, 2.24) is 10.2 Å². The molecule has 0 saturated carbocycles. The molecule has 0 radical (unpaired) electrons. The van der Waals surface area contributed by atoms with Crippen molar-refractivity contribution in [2.45, 2.75) is 59.0 Å². The van der Waals surface area contributed by atoms with Crippen molar-refractivity contribution in [2.24, 2.45) is 0 Å². The van der Waals surface area contributed by atoms with Gasteiger partial charge in [0.1, 0.15) is 11.5 Å². The first-order valence-corrected chi connectivity index (χ1v) is 10.0. The summed E-state index contributed by atoms with van der Waals surface area (Å²) in [4.78, 5) is 0. The van der Waals surface area contributed by atoms with E-state index in [0.29, 0.717) is 36.8 Å². The van der Waals surface area contributed by atoms with Crippen LogP contribution < -0.4 is 4.74 Å². The number of aromatic hydroxyl groups is 3. The Labute approximate surface area is 175 Å². The van der Waals surface area contributed by atoms with Gasteiger partial charge in [0.2, 0.25) is 5.89 Å². The van der Waals surface area contributed by atoms with Crippen molar-refractivity contribution in [3.05, 3.63) is 57.8 Å². The van der Waals surface area contributed by atoms with Crippen molar-refractivity contribution in [3.8, 4) is 23.0 Å². The third-order valence-corrected chi connectivity index (χ3v) is 6.11. The van der Waals surface area contributed by atoms with E-state index < -0.39 is 5.60 Å². The quantitative estimate of drug-likeness (QED) is 0.555. The van der Waals surface area contributed by atoms with Crippen molar-refractivity contribution < 1.29 is 24.5 Å². The van der Waals surface area contributed by atoms with Gasteiger partial charge in [0, 0.05) is 18.4 Å². The van der Waals surface area contributed by atoms with Crippen LogP contribution in [0.4, 0.5) is 0 Å². The van der Waals surface area contributed by atoms with Gasteiger partial charge in [0.25, 0.3) is 5.89 Å². The molecule has 4 rings (SSSR count). The fourth-order valence-corrected chi connectivity index (χ4v) is 3.94. The van der Waals surface area contributed by atoms with Crippen LogP contribution in [0, 0.1) is 20.8 Å². The molecule has 0 saturated heterocycles. The molecule has 158 valence electrons. The molecular weight excluding hydrogens is 384 g/mol. The summed E-state index contributed by atoms with van der Waals surface area (Å²) in [6.07, 6.45) is 2.51. The zero-order chi connectivity index (χ0) is 21.6. The molecule has 7 nitrogen and oxygen atoms in total. The number of aromatic nitrogens is 2. The summed E-state index contributed by atoms with van der Waals surface area (Å²) < 4.78 is 12.3. The van der Waals surface area contributed by atoms with Gasteiger partial charge in [-0.3, -0.25) is 0 Å². The Morgan fingerprint density at radius 3 is 2.47 bits per heavy atom. The van der Waals surface area contributed by atoms with E-state index in [-0.39, 0.29) is 11.5 Å². The van der Waals surface area contributed by atoms with Crippen LogP contribution in [0.15, 0.2) is 22.6 Å². The summed E-state index contributed by atoms with van der Waals surface area (Å²) in [6.45, 7) is 7.70. The average molecular weight is 410 g/mol. The molecule has 3 aromatic rings. The third kappa shape index (κ3) is 3.34. The fraction of sp³-hybridized carbons (Fsp3) is 0.391. The summed E-state index contributed by atoms with van der Waals surface area (Å²) in [6, 6.07) is 4.73. The number of rotatable bonds is 4. The largest absolute Gasteiger partial charge is 0.507 e. The molecule has 1 aromatic heterocycles. The lowest BCUT2D eigenvalue weighted by Crippen LogP contribution is -2.35. The molecule has 0 amide bonds. The number of fused-ring (bicyclic) bond motifs is 1. The van der Waals surface area contributed by atoms with E-state index in [4.69, 9.17) is 9.15 Å². The molecule has 3 N–H and O–H groups in total. The number of nitrogens with zero attached hydrogens (tertiary/aromatic N) is 2. The molecule has 2 heterocycles. The Morgan fingerprint density at radius 1 is 0.967 bits per heavy atom. The zero-order valence-corrected chi connectivity index (χ0v) is 17.6. The van der Waals surface area contributed by atoms with Gasteiger partial charge < -0.3 is 24.5 Å². The van der Waals surface area contributed by atoms with Gasteiger partial charge in [-0.15, -0.1) is 10.2 Å². The first-order valence-electron chi connectivity index (χ1n) is 10.0. The summed E-state index contributed by atoms with van der Waals surface area (Å²) >= 11 is 0. The summed E-state index contributed by atoms with van der Waals surface area (Å²) in [5.41, 5.74) is 3.75. The zero-order valence-electron chi connectivity index (χ0n) is 17.6. The maximum Gasteiger partial charge on any atom is 0.259 e. The number of hydrogen-bond donors (Lipinski definition) is 3. The molecule has 0 fully saturated rings. The van der Waals surface area contributed by atoms with E-state index in [1.54, 1.807) is 6.07 Å². The highest BCUT2D eigenvalue weighted by molar-refractivity contribution is 5.58. The van der Waals surface area contributed by atoms with Crippen LogP contribution in [0.1, 0.15) is 52.9 Å². The summed E-state index contributed by atoms with van der Waals surface area (Å²) in [5, 5.41) is 37.8. The molecule has 0 spiro atoms. The van der Waals surface area contributed by atoms with Crippen molar-refractivity contribution in [2.75, 3.05) is 0 Å². The summed E-state index contributed by atoms with van der Waals surface area (Å²) in [7, 11) is 0. The lowest BCUT2D eigenvalue weighted by molar-refractivity contribution is 0.0324. The van der Waals surface area contributed by atoms with Crippen molar-refractivity contribution in [3.63, 3.8) is 0 Å². The second-order valence-electron chi connectivity index (χ2n) is 8.19. The topological polar surface area (TPSA) is 109 Å². The molecule has 30 heavy (non-hydrogen) atoms. The van der Waals surface area contributed by atoms with Crippen molar-refractivity contribution in [1.29, 1.82) is 0 Å². The van der Waals surface area contributed by atoms with Gasteiger partial charge >= 0.3 is 0 Å². The molecule has 1 unspecified atom stereocenters. The second kappa shape index (κ2) is 7.23. The monoisotopic (exact) mass is 410 g/mol. The van der Waals surface area contributed by atoms with Crippen LogP contribution in [-0.2, 0) is 24.9 Å². The standard InChI is InChI=1S/C23H26N2O5/c1-12-13(2)21-16(14(3)20(12)28)9-10-23(4,30-21)22-25-24-19(29-22)8-6-15-5-7-17(26)18(27)11-15/h5,7,11,26-28H,6,8-10H2,1-4H3. The minimum absolute atomic E-state index is 0.143. The normalized spacial score (nSPS) is 18.1. The van der Waals surface area contributed by atoms with Crippen LogP contribution in [0.2, 0.25) is 0 Å². The van der Waals surface area contributed by atoms with E-state index >= 15 is 0 Å². The first-order chi connectivity index (χ1) is 14.2. The summed E-state index contributed by atoms with van der Waals surface area (Å²) in [5.74, 6) is 1.75. The average Bonchev–Trinajstić information content (AvgIpc) is 3.21. The molecule has 0 bridgehead atoms. The first kappa shape index (κ1) is 20.1. The molecule has 0 aliphatic carbocycles. The van der Waals surface area contributed by atoms with Crippen LogP contribution >= 0.6 is 0 Å². The second-order valence-corrected chi connectivity index (χ2v) is 8.19. The van der Waals surface area contributed by atoms with E-state index in [1.807, 2.05) is 27.7 Å². The van der Waals surface area contributed by atoms with Gasteiger partial charge in [-0.05, 0) is 74.9 Å². The van der Waals surface area contributed by atoms with E-state index in [0.717, 1.165) is 40.0 Å². The lowest BCUT2D eigenvalue weighted by Gasteiger charge is -2.35. The van der Waals surface area contributed by atoms with E-state index in [9.17, 15) is 15.3 Å². The van der Waals surface area contributed by atoms with Crippen LogP contribution in [-0.4, -0.2) is 25.5 Å². The highest BCUT2D eigenvalue weighted by Crippen LogP contribution is 2.45. The van der Waals surface area contributed by atoms with Crippen molar-refractivity contribution >= 4 is 0 Å². The van der Waals surface area contributed by atoms with Gasteiger partial charge in [-0.1, -0.05) is 6.07 Å². The van der Waals surface area contributed by atoms with Crippen LogP contribution in [0.3, 0.4) is 0 Å². The smallest absolute Gasteiger partial charge is 0.259 e. The predicted octanol–water partition coefficient (Wildman–Crippen LogP) is 4.14. The molecule has 1 aliphatic rings. The highest BCUT2D eigenvalue weighted by Gasteiger charge is 2.40. The number of aryl methyl sites for hydroxylation is 2. The third-order valence-electron chi connectivity index (χ3n) is 6.11. The Bertz CT molecular complexity index is 1120. The maximum absolute atomic E-state index is 10.4. The highest BCUT2D eigenvalue weighted by atomic mass is 16.5. The number of phenols is 3. The fourth-order valence-electron chi connectivity index (χ4n) is 3.94. The van der Waals surface area contributed by atoms with Crippen LogP contribution in [0.25, 0.3) is 0 Å². The van der Waals surface area contributed by atoms with Crippen LogP contribution in [0.5, 0.6) is 23.0 Å². The lowest BCUT2D eigenvalue weighted by atomic mass is 9.87.